The summed E-state index contributed by atoms with van der Waals surface area (Å²) < 4.78 is 7.20. The molecule has 0 saturated carbocycles. The van der Waals surface area contributed by atoms with E-state index >= 15 is 0 Å². The highest BCUT2D eigenvalue weighted by Gasteiger charge is 2.22. The molecule has 1 aliphatic heterocycles. The van der Waals surface area contributed by atoms with E-state index in [0.29, 0.717) is 22.9 Å². The van der Waals surface area contributed by atoms with E-state index in [2.05, 4.69) is 10.2 Å². The van der Waals surface area contributed by atoms with E-state index in [4.69, 9.17) is 4.74 Å². The lowest BCUT2D eigenvalue weighted by molar-refractivity contribution is -0.117. The summed E-state index contributed by atoms with van der Waals surface area (Å²) in [5.74, 6) is 1.06. The van der Waals surface area contributed by atoms with Gasteiger partial charge < -0.3 is 9.64 Å². The minimum atomic E-state index is -0.0103. The number of Topliss-reactive ketones (excluding diaryl/α,β-unsaturated/α-hetero) is 1. The van der Waals surface area contributed by atoms with Gasteiger partial charge in [0.25, 0.3) is 0 Å². The van der Waals surface area contributed by atoms with Gasteiger partial charge in [0.1, 0.15) is 12.1 Å². The molecule has 2 aromatic carbocycles. The van der Waals surface area contributed by atoms with Crippen LogP contribution in [0.4, 0.5) is 5.69 Å². The fraction of sp³-hybridized carbons (Fsp3) is 0.238. The van der Waals surface area contributed by atoms with E-state index in [1.165, 1.54) is 11.8 Å². The van der Waals surface area contributed by atoms with Crippen LogP contribution in [0.15, 0.2) is 60.0 Å². The Bertz CT molecular complexity index is 1030. The van der Waals surface area contributed by atoms with Crippen molar-refractivity contribution in [2.45, 2.75) is 18.0 Å². The molecular weight excluding hydrogens is 388 g/mol. The van der Waals surface area contributed by atoms with E-state index in [-0.39, 0.29) is 17.4 Å². The quantitative estimate of drug-likeness (QED) is 0.441. The normalized spacial score (nSPS) is 13.7. The van der Waals surface area contributed by atoms with Crippen LogP contribution in [0.2, 0.25) is 0 Å². The molecule has 1 saturated heterocycles. The van der Waals surface area contributed by atoms with Gasteiger partial charge in [0.2, 0.25) is 5.91 Å². The molecule has 8 heteroatoms. The Labute approximate surface area is 172 Å². The van der Waals surface area contributed by atoms with Crippen LogP contribution in [0, 0.1) is 0 Å². The number of carbonyl (C=O) groups excluding carboxylic acids is 2. The Morgan fingerprint density at radius 1 is 1.17 bits per heavy atom. The molecule has 0 aliphatic carbocycles. The fourth-order valence-electron chi connectivity index (χ4n) is 3.28. The first-order valence-electron chi connectivity index (χ1n) is 9.27. The number of hydrogen-bond donors (Lipinski definition) is 0. The molecular formula is C21H20N4O3S. The van der Waals surface area contributed by atoms with Gasteiger partial charge in [-0.15, -0.1) is 10.2 Å². The van der Waals surface area contributed by atoms with Crippen molar-refractivity contribution in [1.82, 2.24) is 14.8 Å². The molecule has 1 aromatic heterocycles. The maximum absolute atomic E-state index is 12.6. The van der Waals surface area contributed by atoms with Crippen molar-refractivity contribution in [3.8, 4) is 11.4 Å². The fourth-order valence-corrected chi connectivity index (χ4v) is 4.10. The Kier molecular flexibility index (Phi) is 5.62. The molecule has 1 amide bonds. The molecule has 0 atom stereocenters. The number of rotatable bonds is 7. The lowest BCUT2D eigenvalue weighted by Gasteiger charge is -2.15. The lowest BCUT2D eigenvalue weighted by atomic mass is 10.1. The monoisotopic (exact) mass is 408 g/mol. The molecule has 0 unspecified atom stereocenters. The Morgan fingerprint density at radius 2 is 1.97 bits per heavy atom. The van der Waals surface area contributed by atoms with Crippen molar-refractivity contribution in [2.75, 3.05) is 24.3 Å². The highest BCUT2D eigenvalue weighted by Crippen LogP contribution is 2.27. The SMILES string of the molecule is COc1ccccc1-n1cnnc1SCC(=O)c1ccc(N2CCCC2=O)cc1. The zero-order valence-corrected chi connectivity index (χ0v) is 16.8. The molecule has 0 bridgehead atoms. The first kappa shape index (κ1) is 19.2. The number of nitrogens with zero attached hydrogens (tertiary/aromatic N) is 4. The maximum Gasteiger partial charge on any atom is 0.227 e. The summed E-state index contributed by atoms with van der Waals surface area (Å²) in [6, 6.07) is 14.8. The van der Waals surface area contributed by atoms with Gasteiger partial charge in [-0.2, -0.15) is 0 Å². The third kappa shape index (κ3) is 4.02. The standard InChI is InChI=1S/C21H20N4O3S/c1-28-19-6-3-2-5-17(19)25-14-22-23-21(25)29-13-18(26)15-8-10-16(11-9-15)24-12-4-7-20(24)27/h2-3,5-6,8-11,14H,4,7,12-13H2,1H3. The van der Waals surface area contributed by atoms with E-state index in [9.17, 15) is 9.59 Å². The number of aromatic nitrogens is 3. The minimum absolute atomic E-state index is 0.0103. The summed E-state index contributed by atoms with van der Waals surface area (Å²) in [6.07, 6.45) is 3.07. The molecule has 0 radical (unpaired) electrons. The van der Waals surface area contributed by atoms with Gasteiger partial charge >= 0.3 is 0 Å². The molecule has 0 N–H and O–H groups in total. The van der Waals surface area contributed by atoms with E-state index in [1.807, 2.05) is 36.4 Å². The molecule has 0 spiro atoms. The summed E-state index contributed by atoms with van der Waals surface area (Å²) in [7, 11) is 1.61. The van der Waals surface area contributed by atoms with E-state index in [0.717, 1.165) is 24.3 Å². The highest BCUT2D eigenvalue weighted by molar-refractivity contribution is 7.99. The molecule has 2 heterocycles. The largest absolute Gasteiger partial charge is 0.495 e. The third-order valence-corrected chi connectivity index (χ3v) is 5.71. The van der Waals surface area contributed by atoms with Crippen molar-refractivity contribution >= 4 is 29.1 Å². The van der Waals surface area contributed by atoms with Crippen molar-refractivity contribution in [1.29, 1.82) is 0 Å². The minimum Gasteiger partial charge on any atom is -0.495 e. The smallest absolute Gasteiger partial charge is 0.227 e. The second-order valence-corrected chi connectivity index (χ2v) is 7.51. The van der Waals surface area contributed by atoms with E-state index < -0.39 is 0 Å². The number of para-hydroxylation sites is 2. The first-order chi connectivity index (χ1) is 14.2. The Morgan fingerprint density at radius 3 is 2.69 bits per heavy atom. The van der Waals surface area contributed by atoms with Gasteiger partial charge in [0.05, 0.1) is 18.6 Å². The summed E-state index contributed by atoms with van der Waals surface area (Å²) in [6.45, 7) is 0.737. The second kappa shape index (κ2) is 8.48. The topological polar surface area (TPSA) is 77.3 Å². The van der Waals surface area contributed by atoms with Gasteiger partial charge in [0, 0.05) is 24.2 Å². The summed E-state index contributed by atoms with van der Waals surface area (Å²) in [5.41, 5.74) is 2.26. The zero-order chi connectivity index (χ0) is 20.2. The number of methoxy groups -OCH3 is 1. The molecule has 4 rings (SSSR count). The predicted molar refractivity (Wildman–Crippen MR) is 111 cm³/mol. The molecule has 148 valence electrons. The molecule has 29 heavy (non-hydrogen) atoms. The number of carbonyl (C=O) groups is 2. The Hall–Kier alpha value is -3.13. The highest BCUT2D eigenvalue weighted by atomic mass is 32.2. The number of amides is 1. The van der Waals surface area contributed by atoms with Crippen LogP contribution in [0.25, 0.3) is 5.69 Å². The van der Waals surface area contributed by atoms with Gasteiger partial charge in [0.15, 0.2) is 10.9 Å². The summed E-state index contributed by atoms with van der Waals surface area (Å²) in [4.78, 5) is 26.2. The van der Waals surface area contributed by atoms with Crippen LogP contribution in [0.5, 0.6) is 5.75 Å². The van der Waals surface area contributed by atoms with Crippen LogP contribution >= 0.6 is 11.8 Å². The van der Waals surface area contributed by atoms with Crippen LogP contribution in [-0.4, -0.2) is 45.9 Å². The second-order valence-electron chi connectivity index (χ2n) is 6.56. The Balaban J connectivity index is 1.44. The van der Waals surface area contributed by atoms with Crippen molar-refractivity contribution < 1.29 is 14.3 Å². The van der Waals surface area contributed by atoms with Gasteiger partial charge in [-0.1, -0.05) is 23.9 Å². The number of anilines is 1. The van der Waals surface area contributed by atoms with Crippen LogP contribution < -0.4 is 9.64 Å². The van der Waals surface area contributed by atoms with Gasteiger partial charge in [-0.05, 0) is 42.8 Å². The van der Waals surface area contributed by atoms with Crippen LogP contribution in [0.3, 0.4) is 0 Å². The number of benzene rings is 2. The molecule has 3 aromatic rings. The lowest BCUT2D eigenvalue weighted by Crippen LogP contribution is -2.23. The number of ether oxygens (including phenoxy) is 1. The average molecular weight is 408 g/mol. The predicted octanol–water partition coefficient (Wildman–Crippen LogP) is 3.38. The van der Waals surface area contributed by atoms with Gasteiger partial charge in [-0.25, -0.2) is 0 Å². The average Bonchev–Trinajstić information content (AvgIpc) is 3.41. The zero-order valence-electron chi connectivity index (χ0n) is 15.9. The van der Waals surface area contributed by atoms with E-state index in [1.54, 1.807) is 35.0 Å². The molecule has 1 aliphatic rings. The third-order valence-electron chi connectivity index (χ3n) is 4.77. The summed E-state index contributed by atoms with van der Waals surface area (Å²) in [5, 5.41) is 8.72. The number of hydrogen-bond acceptors (Lipinski definition) is 6. The van der Waals surface area contributed by atoms with Crippen LogP contribution in [0.1, 0.15) is 23.2 Å². The number of ketones is 1. The van der Waals surface area contributed by atoms with Gasteiger partial charge in [-0.3, -0.25) is 14.2 Å². The first-order valence-corrected chi connectivity index (χ1v) is 10.3. The van der Waals surface area contributed by atoms with Crippen LogP contribution in [-0.2, 0) is 4.79 Å². The molecule has 7 nitrogen and oxygen atoms in total. The maximum atomic E-state index is 12.6. The summed E-state index contributed by atoms with van der Waals surface area (Å²) >= 11 is 1.32. The van der Waals surface area contributed by atoms with Crippen molar-refractivity contribution in [2.24, 2.45) is 0 Å². The number of thioether (sulfide) groups is 1. The van der Waals surface area contributed by atoms with Crippen molar-refractivity contribution in [3.05, 3.63) is 60.4 Å². The van der Waals surface area contributed by atoms with Crippen molar-refractivity contribution in [3.63, 3.8) is 0 Å². The molecule has 1 fully saturated rings.